The number of benzene rings is 3. The molecule has 2 heterocycles. The fourth-order valence-corrected chi connectivity index (χ4v) is 4.48. The Balaban J connectivity index is 1.64. The summed E-state index contributed by atoms with van der Waals surface area (Å²) in [7, 11) is 1.55. The number of ether oxygens (including phenoxy) is 2. The Kier molecular flexibility index (Phi) is 4.62. The molecule has 2 aliphatic heterocycles. The van der Waals surface area contributed by atoms with E-state index in [1.807, 2.05) is 31.2 Å². The lowest BCUT2D eigenvalue weighted by atomic mass is 9.88. The molecule has 0 radical (unpaired) electrons. The number of carbonyl (C=O) groups excluding carboxylic acids is 2. The van der Waals surface area contributed by atoms with Gasteiger partial charge in [-0.05, 0) is 61.5 Å². The minimum Gasteiger partial charge on any atom is -0.497 e. The maximum atomic E-state index is 13.8. The smallest absolute Gasteiger partial charge is 0.335 e. The summed E-state index contributed by atoms with van der Waals surface area (Å²) in [5.41, 5.74) is 0.555. The lowest BCUT2D eigenvalue weighted by Gasteiger charge is -2.53. The molecule has 32 heavy (non-hydrogen) atoms. The summed E-state index contributed by atoms with van der Waals surface area (Å²) in [4.78, 5) is 30.1. The van der Waals surface area contributed by atoms with Gasteiger partial charge in [-0.3, -0.25) is 14.6 Å². The predicted molar refractivity (Wildman–Crippen MR) is 116 cm³/mol. The van der Waals surface area contributed by atoms with Crippen molar-refractivity contribution in [1.82, 2.24) is 4.90 Å². The van der Waals surface area contributed by atoms with Crippen molar-refractivity contribution >= 4 is 17.6 Å². The van der Waals surface area contributed by atoms with Crippen molar-refractivity contribution < 1.29 is 23.5 Å². The van der Waals surface area contributed by atoms with Gasteiger partial charge in [-0.25, -0.2) is 9.18 Å². The highest BCUT2D eigenvalue weighted by molar-refractivity contribution is 6.10. The van der Waals surface area contributed by atoms with Crippen molar-refractivity contribution in [2.75, 3.05) is 12.0 Å². The van der Waals surface area contributed by atoms with Crippen LogP contribution in [0.3, 0.4) is 0 Å². The van der Waals surface area contributed by atoms with E-state index in [1.54, 1.807) is 31.4 Å². The third-order valence-corrected chi connectivity index (χ3v) is 6.00. The molecule has 0 spiro atoms. The minimum absolute atomic E-state index is 0.366. The zero-order chi connectivity index (χ0) is 22.5. The van der Waals surface area contributed by atoms with Gasteiger partial charge in [-0.15, -0.1) is 0 Å². The molecule has 1 saturated heterocycles. The molecule has 0 aliphatic carbocycles. The highest BCUT2D eigenvalue weighted by atomic mass is 19.1. The highest BCUT2D eigenvalue weighted by Gasteiger charge is 2.55. The summed E-state index contributed by atoms with van der Waals surface area (Å²) < 4.78 is 25.0. The van der Waals surface area contributed by atoms with Crippen molar-refractivity contribution in [2.24, 2.45) is 0 Å². The summed E-state index contributed by atoms with van der Waals surface area (Å²) in [6.45, 7) is 1.81. The van der Waals surface area contributed by atoms with Crippen LogP contribution in [0.5, 0.6) is 11.5 Å². The minimum atomic E-state index is -1.04. The number of fused-ring (bicyclic) bond motifs is 4. The summed E-state index contributed by atoms with van der Waals surface area (Å²) in [6.07, 6.45) is 0.370. The fraction of sp³-hybridized carbons (Fsp3) is 0.200. The van der Waals surface area contributed by atoms with Crippen molar-refractivity contribution in [3.05, 3.63) is 89.7 Å². The number of halogens is 1. The number of rotatable bonds is 3. The molecule has 0 saturated carbocycles. The molecule has 2 aliphatic rings. The van der Waals surface area contributed by atoms with Gasteiger partial charge < -0.3 is 9.47 Å². The topological polar surface area (TPSA) is 59.1 Å². The molecule has 5 rings (SSSR count). The molecule has 0 unspecified atom stereocenters. The summed E-state index contributed by atoms with van der Waals surface area (Å²) >= 11 is 0. The average Bonchev–Trinajstić information content (AvgIpc) is 2.80. The van der Waals surface area contributed by atoms with Crippen LogP contribution in [0.25, 0.3) is 0 Å². The first-order valence-corrected chi connectivity index (χ1v) is 10.3. The van der Waals surface area contributed by atoms with E-state index in [1.165, 1.54) is 34.1 Å². The number of amides is 3. The summed E-state index contributed by atoms with van der Waals surface area (Å²) in [5, 5.41) is 0. The van der Waals surface area contributed by atoms with Gasteiger partial charge in [0, 0.05) is 23.2 Å². The molecule has 2 bridgehead atoms. The van der Waals surface area contributed by atoms with Crippen molar-refractivity contribution in [1.29, 1.82) is 0 Å². The predicted octanol–water partition coefficient (Wildman–Crippen LogP) is 5.16. The molecule has 0 N–H and O–H groups in total. The average molecular weight is 432 g/mol. The monoisotopic (exact) mass is 432 g/mol. The number of urea groups is 1. The first-order chi connectivity index (χ1) is 15.4. The molecule has 6 nitrogen and oxygen atoms in total. The lowest BCUT2D eigenvalue weighted by Crippen LogP contribution is -2.67. The molecule has 7 heteroatoms. The molecule has 0 aromatic heterocycles. The number of anilines is 1. The molecule has 1 fully saturated rings. The Bertz CT molecular complexity index is 1200. The second-order valence-corrected chi connectivity index (χ2v) is 8.03. The van der Waals surface area contributed by atoms with E-state index in [9.17, 15) is 14.0 Å². The van der Waals surface area contributed by atoms with E-state index < -0.39 is 29.5 Å². The number of methoxy groups -OCH3 is 1. The van der Waals surface area contributed by atoms with Gasteiger partial charge in [0.15, 0.2) is 5.72 Å². The zero-order valence-corrected chi connectivity index (χ0v) is 17.6. The molecule has 162 valence electrons. The van der Waals surface area contributed by atoms with Crippen LogP contribution in [0.1, 0.15) is 35.3 Å². The summed E-state index contributed by atoms with van der Waals surface area (Å²) in [6, 6.07) is 18.6. The maximum Gasteiger partial charge on any atom is 0.335 e. The second kappa shape index (κ2) is 7.37. The van der Waals surface area contributed by atoms with Crippen LogP contribution in [0.4, 0.5) is 14.9 Å². The van der Waals surface area contributed by atoms with Crippen LogP contribution in [0, 0.1) is 5.82 Å². The Hall–Kier alpha value is -3.87. The van der Waals surface area contributed by atoms with Gasteiger partial charge in [-0.2, -0.15) is 0 Å². The number of para-hydroxylation sites is 1. The quantitative estimate of drug-likeness (QED) is 0.574. The van der Waals surface area contributed by atoms with E-state index in [0.29, 0.717) is 29.2 Å². The van der Waals surface area contributed by atoms with E-state index in [-0.39, 0.29) is 0 Å². The van der Waals surface area contributed by atoms with Gasteiger partial charge in [0.05, 0.1) is 13.2 Å². The highest BCUT2D eigenvalue weighted by Crippen LogP contribution is 2.49. The van der Waals surface area contributed by atoms with Crippen LogP contribution in [-0.2, 0) is 0 Å². The Morgan fingerprint density at radius 2 is 1.75 bits per heavy atom. The first-order valence-electron chi connectivity index (χ1n) is 10.3. The van der Waals surface area contributed by atoms with Crippen LogP contribution < -0.4 is 14.4 Å². The molecule has 3 aromatic carbocycles. The van der Waals surface area contributed by atoms with Gasteiger partial charge in [-0.1, -0.05) is 18.2 Å². The van der Waals surface area contributed by atoms with Gasteiger partial charge >= 0.3 is 6.03 Å². The lowest BCUT2D eigenvalue weighted by molar-refractivity contribution is 0.00267. The standard InChI is InChI=1S/C25H21FN2O4/c1-25-15-21(20-5-3-4-6-22(20)32-25)27(23(29)16-7-13-19(31-2)14-8-16)24(30)28(25)18-11-9-17(26)10-12-18/h3-14,21H,15H2,1-2H3/t21-,25+/m0/s1. The van der Waals surface area contributed by atoms with Gasteiger partial charge in [0.1, 0.15) is 17.3 Å². The third-order valence-electron chi connectivity index (χ3n) is 6.00. The van der Waals surface area contributed by atoms with Crippen LogP contribution in [-0.4, -0.2) is 29.7 Å². The van der Waals surface area contributed by atoms with Crippen molar-refractivity contribution in [2.45, 2.75) is 25.1 Å². The largest absolute Gasteiger partial charge is 0.497 e. The van der Waals surface area contributed by atoms with E-state index in [2.05, 4.69) is 0 Å². The number of imide groups is 1. The summed E-state index contributed by atoms with van der Waals surface area (Å²) in [5.74, 6) is 0.387. The zero-order valence-electron chi connectivity index (χ0n) is 17.6. The molecule has 3 amide bonds. The van der Waals surface area contributed by atoms with Gasteiger partial charge in [0.25, 0.3) is 5.91 Å². The third kappa shape index (κ3) is 3.09. The maximum absolute atomic E-state index is 13.8. The van der Waals surface area contributed by atoms with E-state index >= 15 is 0 Å². The Morgan fingerprint density at radius 1 is 1.06 bits per heavy atom. The molecule has 3 aromatic rings. The van der Waals surface area contributed by atoms with Crippen LogP contribution in [0.15, 0.2) is 72.8 Å². The number of hydrogen-bond donors (Lipinski definition) is 0. The van der Waals surface area contributed by atoms with Crippen molar-refractivity contribution in [3.8, 4) is 11.5 Å². The van der Waals surface area contributed by atoms with Gasteiger partial charge in [0.2, 0.25) is 0 Å². The number of hydrogen-bond acceptors (Lipinski definition) is 4. The molecule has 2 atom stereocenters. The Morgan fingerprint density at radius 3 is 2.44 bits per heavy atom. The fourth-order valence-electron chi connectivity index (χ4n) is 4.48. The SMILES string of the molecule is COc1ccc(C(=O)N2C(=O)N(c3ccc(F)cc3)[C@@]3(C)C[C@H]2c2ccccc2O3)cc1. The normalized spacial score (nSPS) is 21.6. The first kappa shape index (κ1) is 20.1. The number of nitrogens with zero attached hydrogens (tertiary/aromatic N) is 2. The molecular weight excluding hydrogens is 411 g/mol. The molecular formula is C25H21FN2O4. The van der Waals surface area contributed by atoms with Crippen molar-refractivity contribution in [3.63, 3.8) is 0 Å². The number of carbonyl (C=O) groups is 2. The van der Waals surface area contributed by atoms with E-state index in [0.717, 1.165) is 5.56 Å². The Labute approximate surface area is 184 Å². The van der Waals surface area contributed by atoms with Crippen LogP contribution in [0.2, 0.25) is 0 Å². The second-order valence-electron chi connectivity index (χ2n) is 8.03. The van der Waals surface area contributed by atoms with Crippen LogP contribution >= 0.6 is 0 Å². The van der Waals surface area contributed by atoms with E-state index in [4.69, 9.17) is 9.47 Å².